The topological polar surface area (TPSA) is 102 Å². The predicted molar refractivity (Wildman–Crippen MR) is 113 cm³/mol. The van der Waals surface area contributed by atoms with E-state index < -0.39 is 34.0 Å². The van der Waals surface area contributed by atoms with E-state index in [0.29, 0.717) is 17.5 Å². The minimum Gasteiger partial charge on any atom is -0.489 e. The van der Waals surface area contributed by atoms with Gasteiger partial charge >= 0.3 is 5.97 Å². The van der Waals surface area contributed by atoms with Gasteiger partial charge in [-0.05, 0) is 30.3 Å². The molecule has 1 aliphatic heterocycles. The van der Waals surface area contributed by atoms with Gasteiger partial charge in [0.15, 0.2) is 11.5 Å². The van der Waals surface area contributed by atoms with Gasteiger partial charge in [-0.3, -0.25) is 0 Å². The molecule has 3 aromatic carbocycles. The number of halogens is 1. The Morgan fingerprint density at radius 2 is 1.78 bits per heavy atom. The number of para-hydroxylation sites is 1. The minimum absolute atomic E-state index is 0.0608. The number of hydrogen-bond acceptors (Lipinski definition) is 5. The summed E-state index contributed by atoms with van der Waals surface area (Å²) in [6, 6.07) is 17.3. The summed E-state index contributed by atoms with van der Waals surface area (Å²) in [5.41, 5.74) is 0.985. The zero-order chi connectivity index (χ0) is 22.7. The highest BCUT2D eigenvalue weighted by Gasteiger charge is 2.31. The molecule has 1 heterocycles. The van der Waals surface area contributed by atoms with Crippen LogP contribution >= 0.6 is 0 Å². The SMILES string of the molecule is O=C(O)C(Oc1cccc2c1OCCC2NS(=O)(=O)c1ccc(F)cc1)c1ccccc1. The van der Waals surface area contributed by atoms with Crippen LogP contribution in [0.2, 0.25) is 0 Å². The van der Waals surface area contributed by atoms with E-state index in [-0.39, 0.29) is 23.0 Å². The van der Waals surface area contributed by atoms with Gasteiger partial charge in [0.1, 0.15) is 5.82 Å². The molecule has 2 atom stereocenters. The molecule has 0 spiro atoms. The molecule has 0 aliphatic carbocycles. The van der Waals surface area contributed by atoms with Crippen molar-refractivity contribution in [2.75, 3.05) is 6.61 Å². The third kappa shape index (κ3) is 4.58. The molecule has 0 bridgehead atoms. The quantitative estimate of drug-likeness (QED) is 0.559. The highest BCUT2D eigenvalue weighted by molar-refractivity contribution is 7.89. The minimum atomic E-state index is -3.92. The summed E-state index contributed by atoms with van der Waals surface area (Å²) in [5.74, 6) is -1.22. The van der Waals surface area contributed by atoms with E-state index in [9.17, 15) is 22.7 Å². The van der Waals surface area contributed by atoms with Gasteiger partial charge in [-0.15, -0.1) is 0 Å². The molecule has 0 aromatic heterocycles. The first-order chi connectivity index (χ1) is 15.3. The number of fused-ring (bicyclic) bond motifs is 1. The summed E-state index contributed by atoms with van der Waals surface area (Å²) in [6.45, 7) is 0.201. The number of aliphatic carboxylic acids is 1. The molecule has 32 heavy (non-hydrogen) atoms. The van der Waals surface area contributed by atoms with Crippen LogP contribution in [0, 0.1) is 5.82 Å². The number of carboxylic acids is 1. The largest absolute Gasteiger partial charge is 0.489 e. The van der Waals surface area contributed by atoms with Crippen LogP contribution in [-0.4, -0.2) is 26.1 Å². The van der Waals surface area contributed by atoms with Crippen molar-refractivity contribution < 1.29 is 32.2 Å². The number of hydrogen-bond donors (Lipinski definition) is 2. The molecular formula is C23H20FNO6S. The zero-order valence-electron chi connectivity index (χ0n) is 16.8. The highest BCUT2D eigenvalue weighted by atomic mass is 32.2. The Labute approximate surface area is 184 Å². The number of nitrogens with one attached hydrogen (secondary N) is 1. The van der Waals surface area contributed by atoms with E-state index in [1.165, 1.54) is 12.1 Å². The number of carboxylic acid groups (broad SMARTS) is 1. The average molecular weight is 457 g/mol. The van der Waals surface area contributed by atoms with Gasteiger partial charge in [0.25, 0.3) is 0 Å². The second-order valence-corrected chi connectivity index (χ2v) is 8.90. The van der Waals surface area contributed by atoms with Gasteiger partial charge in [0, 0.05) is 17.5 Å². The Morgan fingerprint density at radius 1 is 1.06 bits per heavy atom. The van der Waals surface area contributed by atoms with Gasteiger partial charge in [-0.1, -0.05) is 42.5 Å². The molecule has 0 amide bonds. The van der Waals surface area contributed by atoms with Crippen molar-refractivity contribution in [2.45, 2.75) is 23.5 Å². The van der Waals surface area contributed by atoms with Crippen molar-refractivity contribution in [2.24, 2.45) is 0 Å². The summed E-state index contributed by atoms with van der Waals surface area (Å²) in [6.07, 6.45) is -0.902. The first kappa shape index (κ1) is 21.8. The normalized spacial score (nSPS) is 16.5. The molecule has 3 aromatic rings. The summed E-state index contributed by atoms with van der Waals surface area (Å²) >= 11 is 0. The summed E-state index contributed by atoms with van der Waals surface area (Å²) in [7, 11) is -3.92. The van der Waals surface area contributed by atoms with Crippen molar-refractivity contribution in [1.82, 2.24) is 4.72 Å². The van der Waals surface area contributed by atoms with Crippen LogP contribution in [0.4, 0.5) is 4.39 Å². The molecule has 4 rings (SSSR count). The fraction of sp³-hybridized carbons (Fsp3) is 0.174. The van der Waals surface area contributed by atoms with Crippen LogP contribution in [-0.2, 0) is 14.8 Å². The second kappa shape index (κ2) is 8.97. The van der Waals surface area contributed by atoms with E-state index in [0.717, 1.165) is 12.1 Å². The molecule has 0 fully saturated rings. The van der Waals surface area contributed by atoms with Crippen molar-refractivity contribution in [3.8, 4) is 11.5 Å². The van der Waals surface area contributed by atoms with E-state index in [2.05, 4.69) is 4.72 Å². The Bertz CT molecular complexity index is 1210. The van der Waals surface area contributed by atoms with Crippen LogP contribution in [0.1, 0.15) is 29.7 Å². The monoisotopic (exact) mass is 457 g/mol. The molecule has 9 heteroatoms. The zero-order valence-corrected chi connectivity index (χ0v) is 17.6. The van der Waals surface area contributed by atoms with Crippen LogP contribution in [0.25, 0.3) is 0 Å². The Balaban J connectivity index is 1.63. The standard InChI is InChI=1S/C23H20FNO6S/c24-16-9-11-17(12-10-16)32(28,29)25-19-13-14-30-22-18(19)7-4-8-20(22)31-21(23(26)27)15-5-2-1-3-6-15/h1-12,19,21,25H,13-14H2,(H,26,27). The van der Waals surface area contributed by atoms with Crippen molar-refractivity contribution in [1.29, 1.82) is 0 Å². The lowest BCUT2D eigenvalue weighted by molar-refractivity contribution is -0.145. The molecular weight excluding hydrogens is 437 g/mol. The molecule has 7 nitrogen and oxygen atoms in total. The highest BCUT2D eigenvalue weighted by Crippen LogP contribution is 2.41. The van der Waals surface area contributed by atoms with Crippen LogP contribution in [0.5, 0.6) is 11.5 Å². The van der Waals surface area contributed by atoms with Crippen LogP contribution < -0.4 is 14.2 Å². The first-order valence-electron chi connectivity index (χ1n) is 9.83. The molecule has 0 saturated heterocycles. The average Bonchev–Trinajstić information content (AvgIpc) is 2.78. The lowest BCUT2D eigenvalue weighted by Gasteiger charge is -2.28. The lowest BCUT2D eigenvalue weighted by atomic mass is 10.0. The molecule has 0 radical (unpaired) electrons. The van der Waals surface area contributed by atoms with Crippen molar-refractivity contribution in [3.05, 3.63) is 89.7 Å². The van der Waals surface area contributed by atoms with Gasteiger partial charge in [-0.25, -0.2) is 22.3 Å². The Kier molecular flexibility index (Phi) is 6.11. The van der Waals surface area contributed by atoms with Gasteiger partial charge < -0.3 is 14.6 Å². The van der Waals surface area contributed by atoms with Crippen LogP contribution in [0.3, 0.4) is 0 Å². The number of rotatable bonds is 7. The van der Waals surface area contributed by atoms with E-state index in [1.54, 1.807) is 48.5 Å². The molecule has 1 aliphatic rings. The van der Waals surface area contributed by atoms with E-state index in [4.69, 9.17) is 9.47 Å². The number of ether oxygens (including phenoxy) is 2. The molecule has 2 unspecified atom stereocenters. The fourth-order valence-corrected chi connectivity index (χ4v) is 4.75. The Morgan fingerprint density at radius 3 is 2.47 bits per heavy atom. The lowest BCUT2D eigenvalue weighted by Crippen LogP contribution is -2.32. The Hall–Kier alpha value is -3.43. The second-order valence-electron chi connectivity index (χ2n) is 7.19. The maximum absolute atomic E-state index is 13.2. The van der Waals surface area contributed by atoms with Crippen molar-refractivity contribution in [3.63, 3.8) is 0 Å². The van der Waals surface area contributed by atoms with Gasteiger partial charge in [0.05, 0.1) is 17.5 Å². The molecule has 166 valence electrons. The fourth-order valence-electron chi connectivity index (χ4n) is 3.50. The number of carbonyl (C=O) groups is 1. The van der Waals surface area contributed by atoms with E-state index >= 15 is 0 Å². The van der Waals surface area contributed by atoms with Crippen LogP contribution in [0.15, 0.2) is 77.7 Å². The summed E-state index contributed by atoms with van der Waals surface area (Å²) < 4.78 is 52.9. The summed E-state index contributed by atoms with van der Waals surface area (Å²) in [5, 5.41) is 9.66. The van der Waals surface area contributed by atoms with Gasteiger partial charge in [0.2, 0.25) is 16.1 Å². The van der Waals surface area contributed by atoms with Crippen molar-refractivity contribution >= 4 is 16.0 Å². The number of benzene rings is 3. The molecule has 2 N–H and O–H groups in total. The smallest absolute Gasteiger partial charge is 0.349 e. The maximum Gasteiger partial charge on any atom is 0.349 e. The maximum atomic E-state index is 13.2. The summed E-state index contributed by atoms with van der Waals surface area (Å²) in [4.78, 5) is 11.8. The third-order valence-electron chi connectivity index (χ3n) is 5.03. The third-order valence-corrected chi connectivity index (χ3v) is 6.52. The predicted octanol–water partition coefficient (Wildman–Crippen LogP) is 3.83. The van der Waals surface area contributed by atoms with E-state index in [1.807, 2.05) is 0 Å². The first-order valence-corrected chi connectivity index (χ1v) is 11.3. The van der Waals surface area contributed by atoms with Gasteiger partial charge in [-0.2, -0.15) is 0 Å². The molecule has 0 saturated carbocycles. The number of sulfonamides is 1.